The maximum absolute atomic E-state index is 11.9. The summed E-state index contributed by atoms with van der Waals surface area (Å²) in [6, 6.07) is 11.7. The van der Waals surface area contributed by atoms with Crippen molar-refractivity contribution in [2.75, 3.05) is 0 Å². The zero-order chi connectivity index (χ0) is 10.7. The van der Waals surface area contributed by atoms with E-state index in [1.165, 1.54) is 12.1 Å². The predicted octanol–water partition coefficient (Wildman–Crippen LogP) is 0.937. The molecule has 0 saturated carbocycles. The lowest BCUT2D eigenvalue weighted by atomic mass is 10.4. The molecule has 0 spiro atoms. The molecular formula is C10H8N2O2S. The minimum atomic E-state index is -1.34. The number of aromatic nitrogens is 2. The Balaban J connectivity index is 2.37. The van der Waals surface area contributed by atoms with Crippen LogP contribution in [0.5, 0.6) is 0 Å². The van der Waals surface area contributed by atoms with E-state index in [2.05, 4.69) is 10.2 Å². The van der Waals surface area contributed by atoms with Crippen molar-refractivity contribution in [2.24, 2.45) is 0 Å². The normalized spacial score (nSPS) is 12.3. The van der Waals surface area contributed by atoms with Gasteiger partial charge in [-0.1, -0.05) is 18.2 Å². The SMILES string of the molecule is O=c1ccc(S(=O)c2ccccc2)n[nH]1. The number of nitrogens with one attached hydrogen (secondary N) is 1. The third-order valence-corrected chi connectivity index (χ3v) is 3.11. The zero-order valence-corrected chi connectivity index (χ0v) is 8.53. The van der Waals surface area contributed by atoms with Crippen molar-refractivity contribution in [3.05, 3.63) is 52.8 Å². The lowest BCUT2D eigenvalue weighted by molar-refractivity contribution is 0.677. The lowest BCUT2D eigenvalue weighted by Gasteiger charge is -1.99. The fourth-order valence-electron chi connectivity index (χ4n) is 1.10. The van der Waals surface area contributed by atoms with E-state index in [0.29, 0.717) is 9.92 Å². The smallest absolute Gasteiger partial charge is 0.264 e. The van der Waals surface area contributed by atoms with Crippen LogP contribution in [0.25, 0.3) is 0 Å². The Morgan fingerprint density at radius 1 is 1.07 bits per heavy atom. The van der Waals surface area contributed by atoms with Crippen molar-refractivity contribution in [3.8, 4) is 0 Å². The number of nitrogens with zero attached hydrogens (tertiary/aromatic N) is 1. The van der Waals surface area contributed by atoms with Crippen molar-refractivity contribution in [1.82, 2.24) is 10.2 Å². The predicted molar refractivity (Wildman–Crippen MR) is 56.0 cm³/mol. The molecule has 0 amide bonds. The Morgan fingerprint density at radius 3 is 2.40 bits per heavy atom. The first-order chi connectivity index (χ1) is 7.27. The third kappa shape index (κ3) is 2.19. The lowest BCUT2D eigenvalue weighted by Crippen LogP contribution is -2.08. The van der Waals surface area contributed by atoms with Gasteiger partial charge in [0.1, 0.15) is 10.8 Å². The van der Waals surface area contributed by atoms with Crippen LogP contribution in [-0.4, -0.2) is 14.4 Å². The van der Waals surface area contributed by atoms with Gasteiger partial charge in [0.15, 0.2) is 5.03 Å². The molecule has 2 aromatic rings. The summed E-state index contributed by atoms with van der Waals surface area (Å²) < 4.78 is 11.9. The van der Waals surface area contributed by atoms with Gasteiger partial charge in [-0.2, -0.15) is 5.10 Å². The topological polar surface area (TPSA) is 62.8 Å². The van der Waals surface area contributed by atoms with Gasteiger partial charge in [0.05, 0.1) is 0 Å². The van der Waals surface area contributed by atoms with Gasteiger partial charge in [-0.3, -0.25) is 4.79 Å². The Hall–Kier alpha value is -1.75. The third-order valence-electron chi connectivity index (χ3n) is 1.80. The van der Waals surface area contributed by atoms with Crippen molar-refractivity contribution < 1.29 is 4.21 Å². The molecule has 5 heteroatoms. The van der Waals surface area contributed by atoms with Crippen molar-refractivity contribution >= 4 is 10.8 Å². The van der Waals surface area contributed by atoms with Gasteiger partial charge < -0.3 is 0 Å². The molecule has 76 valence electrons. The standard InChI is InChI=1S/C10H8N2O2S/c13-9-6-7-10(12-11-9)15(14)8-4-2-1-3-5-8/h1-7H,(H,11,13). The molecular weight excluding hydrogens is 212 g/mol. The molecule has 0 aliphatic heterocycles. The summed E-state index contributed by atoms with van der Waals surface area (Å²) in [4.78, 5) is 11.4. The van der Waals surface area contributed by atoms with E-state index in [1.54, 1.807) is 24.3 Å². The van der Waals surface area contributed by atoms with Crippen molar-refractivity contribution in [2.45, 2.75) is 9.92 Å². The second-order valence-electron chi connectivity index (χ2n) is 2.84. The second-order valence-corrected chi connectivity index (χ2v) is 4.27. The zero-order valence-electron chi connectivity index (χ0n) is 7.71. The molecule has 1 unspecified atom stereocenters. The van der Waals surface area contributed by atoms with Gasteiger partial charge >= 0.3 is 0 Å². The highest BCUT2D eigenvalue weighted by Crippen LogP contribution is 2.11. The molecule has 1 aromatic carbocycles. The molecule has 0 radical (unpaired) electrons. The first-order valence-corrected chi connectivity index (χ1v) is 5.45. The van der Waals surface area contributed by atoms with Crippen LogP contribution in [0, 0.1) is 0 Å². The van der Waals surface area contributed by atoms with E-state index in [-0.39, 0.29) is 5.56 Å². The molecule has 4 nitrogen and oxygen atoms in total. The van der Waals surface area contributed by atoms with Crippen LogP contribution in [0.4, 0.5) is 0 Å². The van der Waals surface area contributed by atoms with E-state index in [0.717, 1.165) is 0 Å². The summed E-state index contributed by atoms with van der Waals surface area (Å²) in [6.45, 7) is 0. The Morgan fingerprint density at radius 2 is 1.80 bits per heavy atom. The summed E-state index contributed by atoms with van der Waals surface area (Å²) in [7, 11) is -1.34. The quantitative estimate of drug-likeness (QED) is 0.819. The van der Waals surface area contributed by atoms with Crippen LogP contribution >= 0.6 is 0 Å². The Labute approximate surface area is 88.4 Å². The average Bonchev–Trinajstić information content (AvgIpc) is 2.30. The van der Waals surface area contributed by atoms with Crippen molar-refractivity contribution in [3.63, 3.8) is 0 Å². The van der Waals surface area contributed by atoms with Gasteiger partial charge in [0, 0.05) is 11.0 Å². The van der Waals surface area contributed by atoms with Gasteiger partial charge in [0.25, 0.3) is 5.56 Å². The first kappa shape index (κ1) is 9.79. The van der Waals surface area contributed by atoms with Gasteiger partial charge in [-0.05, 0) is 18.2 Å². The number of hydrogen-bond acceptors (Lipinski definition) is 3. The highest BCUT2D eigenvalue weighted by Gasteiger charge is 2.07. The van der Waals surface area contributed by atoms with Crippen LogP contribution in [-0.2, 0) is 10.8 Å². The van der Waals surface area contributed by atoms with Crippen molar-refractivity contribution in [1.29, 1.82) is 0 Å². The highest BCUT2D eigenvalue weighted by molar-refractivity contribution is 7.85. The molecule has 1 N–H and O–H groups in total. The molecule has 0 aliphatic carbocycles. The fourth-order valence-corrected chi connectivity index (χ4v) is 2.07. The van der Waals surface area contributed by atoms with Crippen LogP contribution in [0.1, 0.15) is 0 Å². The Bertz CT molecular complexity index is 516. The molecule has 0 aliphatic rings. The maximum atomic E-state index is 11.9. The molecule has 0 saturated heterocycles. The summed E-state index contributed by atoms with van der Waals surface area (Å²) in [5.74, 6) is 0. The summed E-state index contributed by atoms with van der Waals surface area (Å²) in [5.41, 5.74) is -0.302. The van der Waals surface area contributed by atoms with E-state index in [1.807, 2.05) is 6.07 Å². The monoisotopic (exact) mass is 220 g/mol. The van der Waals surface area contributed by atoms with Crippen LogP contribution in [0.15, 0.2) is 57.2 Å². The van der Waals surface area contributed by atoms with Crippen LogP contribution < -0.4 is 5.56 Å². The van der Waals surface area contributed by atoms with Gasteiger partial charge in [0.2, 0.25) is 0 Å². The molecule has 1 heterocycles. The van der Waals surface area contributed by atoms with E-state index in [9.17, 15) is 9.00 Å². The second kappa shape index (κ2) is 4.18. The van der Waals surface area contributed by atoms with Gasteiger partial charge in [-0.25, -0.2) is 9.31 Å². The molecule has 1 aromatic heterocycles. The van der Waals surface area contributed by atoms with E-state index in [4.69, 9.17) is 0 Å². The number of benzene rings is 1. The number of aromatic amines is 1. The minimum absolute atomic E-state index is 0.302. The first-order valence-electron chi connectivity index (χ1n) is 4.30. The Kier molecular flexibility index (Phi) is 2.73. The molecule has 0 bridgehead atoms. The summed E-state index contributed by atoms with van der Waals surface area (Å²) >= 11 is 0. The summed E-state index contributed by atoms with van der Waals surface area (Å²) in [5, 5.41) is 6.32. The average molecular weight is 220 g/mol. The minimum Gasteiger partial charge on any atom is -0.268 e. The van der Waals surface area contributed by atoms with E-state index < -0.39 is 10.8 Å². The molecule has 15 heavy (non-hydrogen) atoms. The maximum Gasteiger partial charge on any atom is 0.264 e. The highest BCUT2D eigenvalue weighted by atomic mass is 32.2. The largest absolute Gasteiger partial charge is 0.268 e. The summed E-state index contributed by atoms with van der Waals surface area (Å²) in [6.07, 6.45) is 0. The van der Waals surface area contributed by atoms with Crippen LogP contribution in [0.2, 0.25) is 0 Å². The molecule has 2 rings (SSSR count). The number of hydrogen-bond donors (Lipinski definition) is 1. The fraction of sp³-hybridized carbons (Fsp3) is 0. The van der Waals surface area contributed by atoms with E-state index >= 15 is 0 Å². The van der Waals surface area contributed by atoms with Crippen LogP contribution in [0.3, 0.4) is 0 Å². The number of H-pyrrole nitrogens is 1. The van der Waals surface area contributed by atoms with Gasteiger partial charge in [-0.15, -0.1) is 0 Å². The molecule has 1 atom stereocenters. The number of rotatable bonds is 2. The molecule has 0 fully saturated rings.